The summed E-state index contributed by atoms with van der Waals surface area (Å²) in [5.74, 6) is -1.66. The predicted molar refractivity (Wildman–Crippen MR) is 119 cm³/mol. The molecule has 0 atom stereocenters. The maximum atomic E-state index is 13.3. The molecule has 0 radical (unpaired) electrons. The van der Waals surface area contributed by atoms with Gasteiger partial charge >= 0.3 is 20.3 Å². The van der Waals surface area contributed by atoms with Crippen LogP contribution in [0.5, 0.6) is 0 Å². The molecule has 0 aliphatic carbocycles. The lowest BCUT2D eigenvalue weighted by Crippen LogP contribution is -2.67. The van der Waals surface area contributed by atoms with E-state index < -0.39 is 20.3 Å². The van der Waals surface area contributed by atoms with Crippen LogP contribution in [0, 0.1) is 0 Å². The maximum Gasteiger partial charge on any atom is 0.328 e. The van der Waals surface area contributed by atoms with Gasteiger partial charge < -0.3 is 9.53 Å². The van der Waals surface area contributed by atoms with Gasteiger partial charge in [0, 0.05) is 11.6 Å². The Bertz CT molecular complexity index is 812. The van der Waals surface area contributed by atoms with Gasteiger partial charge in [0.2, 0.25) is 0 Å². The second-order valence-corrected chi connectivity index (χ2v) is 12.4. The monoisotopic (exact) mass is 410 g/mol. The van der Waals surface area contributed by atoms with E-state index in [-0.39, 0.29) is 10.6 Å². The van der Waals surface area contributed by atoms with Crippen molar-refractivity contribution >= 4 is 30.6 Å². The Labute approximate surface area is 174 Å². The van der Waals surface area contributed by atoms with Crippen LogP contribution in [-0.2, 0) is 14.0 Å². The number of carboxylic acid groups (broad SMARTS) is 1. The molecule has 1 N–H and O–H groups in total. The average molecular weight is 411 g/mol. The van der Waals surface area contributed by atoms with Gasteiger partial charge in [0.15, 0.2) is 0 Å². The van der Waals surface area contributed by atoms with Gasteiger partial charge in [0.05, 0.1) is 0 Å². The quantitative estimate of drug-likeness (QED) is 0.521. The highest BCUT2D eigenvalue weighted by Crippen LogP contribution is 2.37. The lowest BCUT2D eigenvalue weighted by molar-refractivity contribution is -0.134. The van der Waals surface area contributed by atoms with Gasteiger partial charge in [0.1, 0.15) is 0 Å². The van der Waals surface area contributed by atoms with Crippen molar-refractivity contribution in [1.29, 1.82) is 0 Å². The molecule has 5 heteroatoms. The lowest BCUT2D eigenvalue weighted by Gasteiger charge is -2.42. The lowest BCUT2D eigenvalue weighted by atomic mass is 10.1. The molecule has 0 fully saturated rings. The largest absolute Gasteiger partial charge is 0.506 e. The number of carboxylic acids is 1. The molecule has 0 amide bonds. The van der Waals surface area contributed by atoms with E-state index in [1.807, 2.05) is 67.6 Å². The third kappa shape index (κ3) is 5.24. The van der Waals surface area contributed by atoms with Gasteiger partial charge in [-0.15, -0.1) is 0 Å². The Balaban J connectivity index is 2.64. The maximum absolute atomic E-state index is 13.3. The number of carbonyl (C=O) groups excluding carboxylic acids is 1. The molecule has 2 rings (SSSR count). The van der Waals surface area contributed by atoms with Crippen molar-refractivity contribution in [1.82, 2.24) is 0 Å². The zero-order chi connectivity index (χ0) is 21.5. The zero-order valence-corrected chi connectivity index (χ0v) is 18.6. The molecule has 2 aromatic rings. The molecule has 0 aromatic heterocycles. The van der Waals surface area contributed by atoms with Crippen LogP contribution in [0.3, 0.4) is 0 Å². The molecule has 0 aliphatic heterocycles. The van der Waals surface area contributed by atoms with Crippen LogP contribution < -0.4 is 10.4 Å². The number of unbranched alkanes of at least 4 members (excludes halogenated alkanes) is 1. The van der Waals surface area contributed by atoms with Crippen LogP contribution in [-0.4, -0.2) is 25.4 Å². The Morgan fingerprint density at radius 3 is 1.83 bits per heavy atom. The molecule has 0 unspecified atom stereocenters. The van der Waals surface area contributed by atoms with Crippen molar-refractivity contribution in [2.24, 2.45) is 0 Å². The van der Waals surface area contributed by atoms with Crippen LogP contribution in [0.25, 0.3) is 0 Å². The van der Waals surface area contributed by atoms with E-state index in [0.29, 0.717) is 6.42 Å². The molecular weight excluding hydrogens is 380 g/mol. The van der Waals surface area contributed by atoms with Crippen molar-refractivity contribution in [2.75, 3.05) is 0 Å². The molecule has 0 aliphatic rings. The number of rotatable bonds is 8. The normalized spacial score (nSPS) is 12.5. The first-order valence-electron chi connectivity index (χ1n) is 10.00. The molecule has 0 saturated carbocycles. The predicted octanol–water partition coefficient (Wildman–Crippen LogP) is 4.29. The van der Waals surface area contributed by atoms with Gasteiger partial charge in [-0.2, -0.15) is 0 Å². The van der Waals surface area contributed by atoms with Gasteiger partial charge in [-0.1, -0.05) is 94.8 Å². The van der Waals surface area contributed by atoms with E-state index in [9.17, 15) is 14.7 Å². The fourth-order valence-electron chi connectivity index (χ4n) is 3.60. The summed E-state index contributed by atoms with van der Waals surface area (Å²) >= 11 is 0. The smallest absolute Gasteiger partial charge is 0.328 e. The average Bonchev–Trinajstić information content (AvgIpc) is 2.69. The van der Waals surface area contributed by atoms with Gasteiger partial charge in [-0.05, 0) is 28.3 Å². The summed E-state index contributed by atoms with van der Waals surface area (Å²) < 4.78 is 6.40. The Morgan fingerprint density at radius 2 is 1.45 bits per heavy atom. The zero-order valence-electron chi connectivity index (χ0n) is 17.6. The summed E-state index contributed by atoms with van der Waals surface area (Å²) in [5, 5.41) is 10.9. The summed E-state index contributed by atoms with van der Waals surface area (Å²) in [4.78, 5) is 24.6. The van der Waals surface area contributed by atoms with Gasteiger partial charge in [0.25, 0.3) is 0 Å². The summed E-state index contributed by atoms with van der Waals surface area (Å²) in [6.07, 6.45) is 2.98. The molecule has 0 heterocycles. The minimum Gasteiger partial charge on any atom is -0.506 e. The highest BCUT2D eigenvalue weighted by Gasteiger charge is 2.53. The van der Waals surface area contributed by atoms with Crippen LogP contribution in [0.1, 0.15) is 47.0 Å². The van der Waals surface area contributed by atoms with Crippen molar-refractivity contribution in [3.05, 3.63) is 72.3 Å². The van der Waals surface area contributed by atoms with E-state index in [1.54, 1.807) is 0 Å². The molecule has 0 spiro atoms. The van der Waals surface area contributed by atoms with Crippen molar-refractivity contribution < 1.29 is 19.1 Å². The first-order valence-corrected chi connectivity index (χ1v) is 11.9. The first kappa shape index (κ1) is 22.6. The highest BCUT2D eigenvalue weighted by atomic mass is 28.4. The number of benzene rings is 2. The van der Waals surface area contributed by atoms with E-state index in [1.165, 1.54) is 0 Å². The number of hydrogen-bond donors (Lipinski definition) is 1. The molecular formula is C24H30O4Si. The summed E-state index contributed by atoms with van der Waals surface area (Å²) in [6, 6.07) is 19.7. The topological polar surface area (TPSA) is 63.6 Å². The van der Waals surface area contributed by atoms with Crippen LogP contribution >= 0.6 is 0 Å². The second-order valence-electron chi connectivity index (χ2n) is 8.16. The molecule has 4 nitrogen and oxygen atoms in total. The first-order chi connectivity index (χ1) is 13.7. The Morgan fingerprint density at radius 1 is 0.966 bits per heavy atom. The molecule has 2 aromatic carbocycles. The number of carbonyl (C=O) groups is 2. The third-order valence-corrected chi connectivity index (χ3v) is 9.92. The summed E-state index contributed by atoms with van der Waals surface area (Å²) in [6.45, 7) is 8.25. The Hall–Kier alpha value is -2.66. The second kappa shape index (κ2) is 9.70. The SMILES string of the molecule is CCCC/C(=C\C(=O)O)C(=O)O[Si](c1ccccc1)(c1ccccc1)C(C)(C)C. The van der Waals surface area contributed by atoms with Gasteiger partial charge in [-0.25, -0.2) is 9.59 Å². The fourth-order valence-corrected chi connectivity index (χ4v) is 7.94. The summed E-state index contributed by atoms with van der Waals surface area (Å²) in [5.41, 5.74) is 0.215. The van der Waals surface area contributed by atoms with Crippen LogP contribution in [0.15, 0.2) is 72.3 Å². The molecule has 154 valence electrons. The standard InChI is InChI=1S/C24H30O4Si/c1-5-6-13-19(18-22(25)26)23(27)28-29(24(2,3)4,20-14-9-7-10-15-20)21-16-11-8-12-17-21/h7-12,14-18H,5-6,13H2,1-4H3,(H,25,26)/b19-18+. The van der Waals surface area contributed by atoms with E-state index in [2.05, 4.69) is 20.8 Å². The minimum absolute atomic E-state index is 0.215. The third-order valence-electron chi connectivity index (χ3n) is 5.02. The molecule has 29 heavy (non-hydrogen) atoms. The molecule has 0 bridgehead atoms. The van der Waals surface area contributed by atoms with Crippen LogP contribution in [0.4, 0.5) is 0 Å². The number of hydrogen-bond acceptors (Lipinski definition) is 3. The van der Waals surface area contributed by atoms with Crippen molar-refractivity contribution in [3.8, 4) is 0 Å². The van der Waals surface area contributed by atoms with E-state index in [4.69, 9.17) is 4.43 Å². The van der Waals surface area contributed by atoms with Crippen molar-refractivity contribution in [2.45, 2.75) is 52.0 Å². The van der Waals surface area contributed by atoms with Crippen molar-refractivity contribution in [3.63, 3.8) is 0 Å². The summed E-state index contributed by atoms with van der Waals surface area (Å²) in [7, 11) is -3.05. The highest BCUT2D eigenvalue weighted by molar-refractivity contribution is 7.00. The number of aliphatic carboxylic acids is 1. The molecule has 0 saturated heterocycles. The van der Waals surface area contributed by atoms with E-state index >= 15 is 0 Å². The Kier molecular flexibility index (Phi) is 7.57. The van der Waals surface area contributed by atoms with Gasteiger partial charge in [-0.3, -0.25) is 0 Å². The minimum atomic E-state index is -3.05. The fraction of sp³-hybridized carbons (Fsp3) is 0.333. The van der Waals surface area contributed by atoms with Crippen LogP contribution in [0.2, 0.25) is 5.04 Å². The van der Waals surface area contributed by atoms with E-state index in [0.717, 1.165) is 29.3 Å².